The predicted molar refractivity (Wildman–Crippen MR) is 119 cm³/mol. The summed E-state index contributed by atoms with van der Waals surface area (Å²) in [6, 6.07) is 19.0. The molecule has 1 amide bonds. The molecule has 0 unspecified atom stereocenters. The number of hydrogen-bond donors (Lipinski definition) is 0. The predicted octanol–water partition coefficient (Wildman–Crippen LogP) is 6.33. The molecule has 0 fully saturated rings. The molecule has 7 heteroatoms. The molecule has 0 aliphatic heterocycles. The van der Waals surface area contributed by atoms with Crippen LogP contribution < -0.4 is 9.64 Å². The van der Waals surface area contributed by atoms with Gasteiger partial charge in [0.25, 0.3) is 5.91 Å². The summed E-state index contributed by atoms with van der Waals surface area (Å²) in [7, 11) is 0. The summed E-state index contributed by atoms with van der Waals surface area (Å²) in [6.07, 6.45) is 0. The highest BCUT2D eigenvalue weighted by Crippen LogP contribution is 2.34. The summed E-state index contributed by atoms with van der Waals surface area (Å²) >= 11 is 7.57. The van der Waals surface area contributed by atoms with Crippen molar-refractivity contribution >= 4 is 44.2 Å². The Kier molecular flexibility index (Phi) is 5.97. The van der Waals surface area contributed by atoms with E-state index in [1.807, 2.05) is 55.5 Å². The van der Waals surface area contributed by atoms with Crippen LogP contribution in [0.2, 0.25) is 5.02 Å². The quantitative estimate of drug-likeness (QED) is 0.351. The monoisotopic (exact) mass is 440 g/mol. The van der Waals surface area contributed by atoms with E-state index in [0.29, 0.717) is 18.3 Å². The lowest BCUT2D eigenvalue weighted by molar-refractivity contribution is 0.0985. The Bertz CT molecular complexity index is 1200. The van der Waals surface area contributed by atoms with E-state index in [1.54, 1.807) is 4.90 Å². The van der Waals surface area contributed by atoms with Gasteiger partial charge in [0.2, 0.25) is 0 Å². The Morgan fingerprint density at radius 1 is 1.13 bits per heavy atom. The van der Waals surface area contributed by atoms with Gasteiger partial charge in [-0.1, -0.05) is 53.3 Å². The fourth-order valence-electron chi connectivity index (χ4n) is 3.07. The minimum absolute atomic E-state index is 0.0674. The summed E-state index contributed by atoms with van der Waals surface area (Å²) in [4.78, 5) is 19.6. The highest BCUT2D eigenvalue weighted by molar-refractivity contribution is 7.22. The average molecular weight is 441 g/mol. The second-order valence-electron chi connectivity index (χ2n) is 6.56. The SMILES string of the molecule is CCOc1ccc2nc(N(Cc3ccccc3)C(=O)c3ccc(F)cc3Cl)sc2c1. The van der Waals surface area contributed by atoms with E-state index in [1.165, 1.54) is 23.5 Å². The fraction of sp³-hybridized carbons (Fsp3) is 0.130. The molecule has 4 nitrogen and oxygen atoms in total. The molecule has 0 saturated heterocycles. The van der Waals surface area contributed by atoms with E-state index < -0.39 is 5.82 Å². The van der Waals surface area contributed by atoms with Crippen molar-refractivity contribution in [1.29, 1.82) is 0 Å². The van der Waals surface area contributed by atoms with Crippen molar-refractivity contribution in [2.24, 2.45) is 0 Å². The second-order valence-corrected chi connectivity index (χ2v) is 7.98. The maximum atomic E-state index is 13.5. The number of hydrogen-bond acceptors (Lipinski definition) is 4. The van der Waals surface area contributed by atoms with Crippen molar-refractivity contribution in [2.45, 2.75) is 13.5 Å². The van der Waals surface area contributed by atoms with Crippen LogP contribution in [-0.4, -0.2) is 17.5 Å². The Morgan fingerprint density at radius 2 is 1.93 bits per heavy atom. The minimum Gasteiger partial charge on any atom is -0.494 e. The maximum absolute atomic E-state index is 13.5. The molecular formula is C23H18ClFN2O2S. The van der Waals surface area contributed by atoms with Crippen molar-refractivity contribution in [3.8, 4) is 5.75 Å². The van der Waals surface area contributed by atoms with E-state index >= 15 is 0 Å². The number of halogens is 2. The topological polar surface area (TPSA) is 42.4 Å². The molecule has 0 atom stereocenters. The van der Waals surface area contributed by atoms with Gasteiger partial charge in [-0.2, -0.15) is 0 Å². The third-order valence-corrected chi connectivity index (χ3v) is 5.83. The number of carbonyl (C=O) groups is 1. The first kappa shape index (κ1) is 20.3. The van der Waals surface area contributed by atoms with Crippen molar-refractivity contribution in [2.75, 3.05) is 11.5 Å². The summed E-state index contributed by atoms with van der Waals surface area (Å²) in [5.41, 5.74) is 1.94. The summed E-state index contributed by atoms with van der Waals surface area (Å²) in [5, 5.41) is 0.602. The second kappa shape index (κ2) is 8.81. The molecule has 1 heterocycles. The van der Waals surface area contributed by atoms with Gasteiger partial charge in [0.15, 0.2) is 5.13 Å². The van der Waals surface area contributed by atoms with Crippen LogP contribution in [0.15, 0.2) is 66.7 Å². The van der Waals surface area contributed by atoms with Crippen LogP contribution in [0.4, 0.5) is 9.52 Å². The van der Waals surface area contributed by atoms with Gasteiger partial charge in [0.05, 0.1) is 34.0 Å². The highest BCUT2D eigenvalue weighted by Gasteiger charge is 2.24. The largest absolute Gasteiger partial charge is 0.494 e. The normalized spacial score (nSPS) is 10.9. The van der Waals surface area contributed by atoms with Crippen LogP contribution in [0, 0.1) is 5.82 Å². The van der Waals surface area contributed by atoms with Crippen LogP contribution in [0.5, 0.6) is 5.75 Å². The first-order valence-electron chi connectivity index (χ1n) is 9.39. The molecule has 152 valence electrons. The number of fused-ring (bicyclic) bond motifs is 1. The van der Waals surface area contributed by atoms with Gasteiger partial charge >= 0.3 is 0 Å². The zero-order valence-corrected chi connectivity index (χ0v) is 17.7. The Labute approximate surface area is 182 Å². The Morgan fingerprint density at radius 3 is 2.67 bits per heavy atom. The lowest BCUT2D eigenvalue weighted by Gasteiger charge is -2.20. The zero-order valence-electron chi connectivity index (χ0n) is 16.1. The van der Waals surface area contributed by atoms with Gasteiger partial charge < -0.3 is 4.74 Å². The van der Waals surface area contributed by atoms with Gasteiger partial charge in [-0.05, 0) is 48.9 Å². The molecule has 1 aromatic heterocycles. The lowest BCUT2D eigenvalue weighted by atomic mass is 10.1. The smallest absolute Gasteiger partial charge is 0.261 e. The molecule has 0 saturated carbocycles. The highest BCUT2D eigenvalue weighted by atomic mass is 35.5. The third-order valence-electron chi connectivity index (χ3n) is 4.48. The molecule has 0 radical (unpaired) electrons. The number of nitrogens with zero attached hydrogens (tertiary/aromatic N) is 2. The first-order chi connectivity index (χ1) is 14.5. The van der Waals surface area contributed by atoms with Gasteiger partial charge in [-0.15, -0.1) is 0 Å². The van der Waals surface area contributed by atoms with Crippen LogP contribution in [0.25, 0.3) is 10.2 Å². The number of ether oxygens (including phenoxy) is 1. The molecule has 0 aliphatic carbocycles. The van der Waals surface area contributed by atoms with Gasteiger partial charge in [-0.25, -0.2) is 9.37 Å². The molecule has 3 aromatic carbocycles. The van der Waals surface area contributed by atoms with Crippen LogP contribution in [-0.2, 0) is 6.54 Å². The lowest BCUT2D eigenvalue weighted by Crippen LogP contribution is -2.30. The van der Waals surface area contributed by atoms with E-state index in [9.17, 15) is 9.18 Å². The molecular weight excluding hydrogens is 423 g/mol. The number of carbonyl (C=O) groups excluding carboxylic acids is 1. The van der Waals surface area contributed by atoms with Crippen LogP contribution >= 0.6 is 22.9 Å². The van der Waals surface area contributed by atoms with Crippen molar-refractivity contribution in [3.63, 3.8) is 0 Å². The summed E-state index contributed by atoms with van der Waals surface area (Å²) in [6.45, 7) is 2.80. The summed E-state index contributed by atoms with van der Waals surface area (Å²) < 4.78 is 20.0. The number of thiazole rings is 1. The third kappa shape index (κ3) is 4.30. The molecule has 0 N–H and O–H groups in total. The van der Waals surface area contributed by atoms with Crippen LogP contribution in [0.1, 0.15) is 22.8 Å². The fourth-order valence-corrected chi connectivity index (χ4v) is 4.31. The molecule has 0 aliphatic rings. The van der Waals surface area contributed by atoms with Gasteiger partial charge in [0.1, 0.15) is 11.6 Å². The molecule has 30 heavy (non-hydrogen) atoms. The Balaban J connectivity index is 1.76. The van der Waals surface area contributed by atoms with Crippen LogP contribution in [0.3, 0.4) is 0 Å². The maximum Gasteiger partial charge on any atom is 0.261 e. The number of benzene rings is 3. The Hall–Kier alpha value is -2.96. The zero-order chi connectivity index (χ0) is 21.1. The van der Waals surface area contributed by atoms with Gasteiger partial charge in [0, 0.05) is 0 Å². The van der Waals surface area contributed by atoms with E-state index in [0.717, 1.165) is 27.6 Å². The molecule has 4 aromatic rings. The number of rotatable bonds is 6. The first-order valence-corrected chi connectivity index (χ1v) is 10.6. The molecule has 0 bridgehead atoms. The van der Waals surface area contributed by atoms with Crippen molar-refractivity contribution in [1.82, 2.24) is 4.98 Å². The standard InChI is InChI=1S/C23H18ClFN2O2S/c1-2-29-17-9-11-20-21(13-17)30-23(26-20)27(14-15-6-4-3-5-7-15)22(28)18-10-8-16(25)12-19(18)24/h3-13H,2,14H2,1H3. The average Bonchev–Trinajstić information content (AvgIpc) is 3.15. The number of amides is 1. The van der Waals surface area contributed by atoms with Crippen molar-refractivity contribution in [3.05, 3.63) is 88.7 Å². The van der Waals surface area contributed by atoms with Gasteiger partial charge in [-0.3, -0.25) is 9.69 Å². The number of anilines is 1. The molecule has 4 rings (SSSR count). The summed E-state index contributed by atoms with van der Waals surface area (Å²) in [5.74, 6) is -0.0785. The van der Waals surface area contributed by atoms with E-state index in [-0.39, 0.29) is 16.5 Å². The van der Waals surface area contributed by atoms with E-state index in [2.05, 4.69) is 4.98 Å². The molecule has 0 spiro atoms. The minimum atomic E-state index is -0.491. The van der Waals surface area contributed by atoms with Crippen molar-refractivity contribution < 1.29 is 13.9 Å². The van der Waals surface area contributed by atoms with E-state index in [4.69, 9.17) is 16.3 Å². The number of aromatic nitrogens is 1.